The molecule has 0 saturated heterocycles. The molecule has 0 aliphatic rings. The molecule has 0 heterocycles. The summed E-state index contributed by atoms with van der Waals surface area (Å²) in [4.78, 5) is 11.6. The van der Waals surface area contributed by atoms with Crippen molar-refractivity contribution >= 4 is 11.7 Å². The first kappa shape index (κ1) is 16.3. The zero-order chi connectivity index (χ0) is 14.8. The summed E-state index contributed by atoms with van der Waals surface area (Å²) in [6.07, 6.45) is 0.972. The Bertz CT molecular complexity index is 391. The molecule has 112 valence electrons. The number of carbonyl (C=O) groups excluding carboxylic acids is 1. The van der Waals surface area contributed by atoms with Crippen LogP contribution < -0.4 is 15.4 Å². The van der Waals surface area contributed by atoms with Gasteiger partial charge in [0.05, 0.1) is 6.61 Å². The van der Waals surface area contributed by atoms with E-state index in [1.54, 1.807) is 7.11 Å². The third-order valence-electron chi connectivity index (χ3n) is 2.68. The van der Waals surface area contributed by atoms with Crippen LogP contribution in [0.3, 0.4) is 0 Å². The largest absolute Gasteiger partial charge is 0.491 e. The molecule has 0 bridgehead atoms. The Balaban J connectivity index is 2.31. The van der Waals surface area contributed by atoms with Crippen molar-refractivity contribution in [3.05, 3.63) is 24.3 Å². The minimum Gasteiger partial charge on any atom is -0.491 e. The number of ether oxygens (including phenoxy) is 2. The second-order valence-corrected chi connectivity index (χ2v) is 4.93. The quantitative estimate of drug-likeness (QED) is 0.720. The van der Waals surface area contributed by atoms with Gasteiger partial charge in [-0.2, -0.15) is 0 Å². The minimum absolute atomic E-state index is 0.182. The van der Waals surface area contributed by atoms with Gasteiger partial charge in [-0.1, -0.05) is 13.8 Å². The molecule has 0 aromatic heterocycles. The number of carbonyl (C=O) groups is 1. The van der Waals surface area contributed by atoms with Crippen LogP contribution in [0.1, 0.15) is 20.3 Å². The first-order valence-electron chi connectivity index (χ1n) is 6.88. The van der Waals surface area contributed by atoms with Crippen LogP contribution in [0.4, 0.5) is 10.5 Å². The number of methoxy groups -OCH3 is 1. The van der Waals surface area contributed by atoms with Crippen LogP contribution in [0.25, 0.3) is 0 Å². The van der Waals surface area contributed by atoms with Crippen LogP contribution >= 0.6 is 0 Å². The first-order valence-corrected chi connectivity index (χ1v) is 6.88. The Morgan fingerprint density at radius 2 is 1.90 bits per heavy atom. The predicted molar refractivity (Wildman–Crippen MR) is 80.3 cm³/mol. The van der Waals surface area contributed by atoms with Crippen molar-refractivity contribution in [2.75, 3.05) is 32.2 Å². The van der Waals surface area contributed by atoms with Gasteiger partial charge < -0.3 is 20.1 Å². The highest BCUT2D eigenvalue weighted by atomic mass is 16.5. The molecule has 5 heteroatoms. The molecular formula is C15H24N2O3. The zero-order valence-corrected chi connectivity index (χ0v) is 12.4. The molecule has 0 aliphatic carbocycles. The second kappa shape index (κ2) is 9.20. The number of nitrogens with one attached hydrogen (secondary N) is 2. The van der Waals surface area contributed by atoms with E-state index in [1.807, 2.05) is 24.3 Å². The lowest BCUT2D eigenvalue weighted by atomic mass is 10.1. The maximum Gasteiger partial charge on any atom is 0.319 e. The highest BCUT2D eigenvalue weighted by Crippen LogP contribution is 2.15. The number of anilines is 1. The third-order valence-corrected chi connectivity index (χ3v) is 2.68. The van der Waals surface area contributed by atoms with Gasteiger partial charge in [0.15, 0.2) is 0 Å². The van der Waals surface area contributed by atoms with Crippen LogP contribution in [-0.2, 0) is 4.74 Å². The van der Waals surface area contributed by atoms with Gasteiger partial charge in [-0.05, 0) is 36.6 Å². The normalized spacial score (nSPS) is 10.4. The summed E-state index contributed by atoms with van der Waals surface area (Å²) in [7, 11) is 1.63. The summed E-state index contributed by atoms with van der Waals surface area (Å²) >= 11 is 0. The monoisotopic (exact) mass is 280 g/mol. The van der Waals surface area contributed by atoms with Gasteiger partial charge in [-0.15, -0.1) is 0 Å². The van der Waals surface area contributed by atoms with Gasteiger partial charge in [0.25, 0.3) is 0 Å². The van der Waals surface area contributed by atoms with E-state index in [0.29, 0.717) is 25.7 Å². The van der Waals surface area contributed by atoms with Crippen molar-refractivity contribution in [3.63, 3.8) is 0 Å². The second-order valence-electron chi connectivity index (χ2n) is 4.93. The Hall–Kier alpha value is -1.75. The van der Waals surface area contributed by atoms with E-state index in [-0.39, 0.29) is 6.03 Å². The van der Waals surface area contributed by atoms with Crippen molar-refractivity contribution in [2.24, 2.45) is 5.92 Å². The molecule has 0 unspecified atom stereocenters. The van der Waals surface area contributed by atoms with Gasteiger partial charge >= 0.3 is 6.03 Å². The molecule has 0 spiro atoms. The fourth-order valence-electron chi connectivity index (χ4n) is 1.53. The number of urea groups is 1. The molecule has 20 heavy (non-hydrogen) atoms. The molecule has 1 aromatic rings. The summed E-state index contributed by atoms with van der Waals surface area (Å²) in [5.41, 5.74) is 0.742. The minimum atomic E-state index is -0.182. The average Bonchev–Trinajstić information content (AvgIpc) is 2.40. The Morgan fingerprint density at radius 1 is 1.20 bits per heavy atom. The lowest BCUT2D eigenvalue weighted by Crippen LogP contribution is -2.30. The molecule has 0 atom stereocenters. The Morgan fingerprint density at radius 3 is 2.50 bits per heavy atom. The number of benzene rings is 1. The maximum atomic E-state index is 11.6. The van der Waals surface area contributed by atoms with Crippen molar-refractivity contribution in [1.29, 1.82) is 0 Å². The summed E-state index contributed by atoms with van der Waals surface area (Å²) in [6, 6.07) is 7.08. The van der Waals surface area contributed by atoms with E-state index in [9.17, 15) is 4.79 Å². The lowest BCUT2D eigenvalue weighted by molar-refractivity contribution is 0.146. The number of amides is 2. The van der Waals surface area contributed by atoms with Gasteiger partial charge in [0, 0.05) is 19.3 Å². The highest BCUT2D eigenvalue weighted by Gasteiger charge is 2.02. The summed E-state index contributed by atoms with van der Waals surface area (Å²) in [6.45, 7) is 6.00. The summed E-state index contributed by atoms with van der Waals surface area (Å²) < 4.78 is 10.3. The van der Waals surface area contributed by atoms with E-state index in [4.69, 9.17) is 9.47 Å². The molecular weight excluding hydrogens is 256 g/mol. The molecule has 0 radical (unpaired) electrons. The predicted octanol–water partition coefficient (Wildman–Crippen LogP) is 2.88. The molecule has 5 nitrogen and oxygen atoms in total. The SMILES string of the molecule is COCCOc1ccc(NC(=O)NCCC(C)C)cc1. The summed E-state index contributed by atoms with van der Waals surface area (Å²) in [5, 5.41) is 5.60. The Kier molecular flexibility index (Phi) is 7.50. The van der Waals surface area contributed by atoms with Crippen LogP contribution in [-0.4, -0.2) is 32.9 Å². The van der Waals surface area contributed by atoms with E-state index >= 15 is 0 Å². The smallest absolute Gasteiger partial charge is 0.319 e. The van der Waals surface area contributed by atoms with Gasteiger partial charge in [-0.25, -0.2) is 4.79 Å². The average molecular weight is 280 g/mol. The molecule has 2 N–H and O–H groups in total. The van der Waals surface area contributed by atoms with E-state index in [1.165, 1.54) is 0 Å². The van der Waals surface area contributed by atoms with Crippen molar-refractivity contribution < 1.29 is 14.3 Å². The highest BCUT2D eigenvalue weighted by molar-refractivity contribution is 5.89. The fraction of sp³-hybridized carbons (Fsp3) is 0.533. The summed E-state index contributed by atoms with van der Waals surface area (Å²) in [5.74, 6) is 1.34. The molecule has 1 aromatic carbocycles. The van der Waals surface area contributed by atoms with Gasteiger partial charge in [0.2, 0.25) is 0 Å². The van der Waals surface area contributed by atoms with Gasteiger partial charge in [0.1, 0.15) is 12.4 Å². The molecule has 0 aliphatic heterocycles. The van der Waals surface area contributed by atoms with Crippen LogP contribution in [0, 0.1) is 5.92 Å². The third kappa shape index (κ3) is 6.99. The fourth-order valence-corrected chi connectivity index (χ4v) is 1.53. The van der Waals surface area contributed by atoms with Crippen LogP contribution in [0.15, 0.2) is 24.3 Å². The number of hydrogen-bond acceptors (Lipinski definition) is 3. The van der Waals surface area contributed by atoms with E-state index in [2.05, 4.69) is 24.5 Å². The van der Waals surface area contributed by atoms with Crippen LogP contribution in [0.5, 0.6) is 5.75 Å². The zero-order valence-electron chi connectivity index (χ0n) is 12.4. The van der Waals surface area contributed by atoms with Crippen molar-refractivity contribution in [1.82, 2.24) is 5.32 Å². The van der Waals surface area contributed by atoms with Crippen LogP contribution in [0.2, 0.25) is 0 Å². The molecule has 1 rings (SSSR count). The van der Waals surface area contributed by atoms with Crippen molar-refractivity contribution in [2.45, 2.75) is 20.3 Å². The molecule has 0 fully saturated rings. The molecule has 2 amide bonds. The topological polar surface area (TPSA) is 59.6 Å². The number of rotatable bonds is 8. The van der Waals surface area contributed by atoms with E-state index in [0.717, 1.165) is 17.9 Å². The lowest BCUT2D eigenvalue weighted by Gasteiger charge is -2.10. The van der Waals surface area contributed by atoms with E-state index < -0.39 is 0 Å². The van der Waals surface area contributed by atoms with Gasteiger partial charge in [-0.3, -0.25) is 0 Å². The number of hydrogen-bond donors (Lipinski definition) is 2. The molecule has 0 saturated carbocycles. The Labute approximate surface area is 120 Å². The van der Waals surface area contributed by atoms with Crippen molar-refractivity contribution in [3.8, 4) is 5.75 Å². The maximum absolute atomic E-state index is 11.6. The first-order chi connectivity index (χ1) is 9.61. The standard InChI is InChI=1S/C15H24N2O3/c1-12(2)8-9-16-15(18)17-13-4-6-14(7-5-13)20-11-10-19-3/h4-7,12H,8-11H2,1-3H3,(H2,16,17,18).